The molecule has 0 spiro atoms. The Bertz CT molecular complexity index is 1410. The average Bonchev–Trinajstić information content (AvgIpc) is 2.87. The van der Waals surface area contributed by atoms with E-state index in [2.05, 4.69) is 15.0 Å². The second-order valence-electron chi connectivity index (χ2n) is 8.46. The molecule has 0 radical (unpaired) electrons. The van der Waals surface area contributed by atoms with E-state index in [0.717, 1.165) is 36.7 Å². The Morgan fingerprint density at radius 3 is 2.13 bits per heavy atom. The van der Waals surface area contributed by atoms with Gasteiger partial charge in [-0.1, -0.05) is 6.07 Å². The number of anilines is 2. The largest absolute Gasteiger partial charge is 0.443 e. The van der Waals surface area contributed by atoms with E-state index in [1.54, 1.807) is 28.2 Å². The first-order chi connectivity index (χ1) is 18.5. The number of aliphatic imine (C=N–C) groups is 2. The van der Waals surface area contributed by atoms with Crippen LogP contribution in [0.15, 0.2) is 58.5 Å². The van der Waals surface area contributed by atoms with Crippen LogP contribution in [-0.4, -0.2) is 67.8 Å². The number of nitrogens with zero attached hydrogens (tertiary/aromatic N) is 6. The van der Waals surface area contributed by atoms with Crippen molar-refractivity contribution >= 4 is 36.3 Å². The molecular formula is C26H24F4N6O3. The fourth-order valence-electron chi connectivity index (χ4n) is 3.21. The smallest absolute Gasteiger partial charge is 0.435 e. The van der Waals surface area contributed by atoms with Gasteiger partial charge in [0.15, 0.2) is 0 Å². The first-order valence-electron chi connectivity index (χ1n) is 11.3. The molecule has 0 atom stereocenters. The lowest BCUT2D eigenvalue weighted by molar-refractivity contribution is 0.151. The summed E-state index contributed by atoms with van der Waals surface area (Å²) in [6.07, 6.45) is 1.38. The van der Waals surface area contributed by atoms with Crippen molar-refractivity contribution in [2.75, 3.05) is 33.1 Å². The number of hydrogen-bond donors (Lipinski definition) is 0. The first kappa shape index (κ1) is 28.8. The first-order valence-corrected chi connectivity index (χ1v) is 11.3. The summed E-state index contributed by atoms with van der Waals surface area (Å²) in [4.78, 5) is 40.1. The number of hydrogen-bond acceptors (Lipinski definition) is 4. The van der Waals surface area contributed by atoms with E-state index >= 15 is 0 Å². The zero-order valence-corrected chi connectivity index (χ0v) is 21.4. The van der Waals surface area contributed by atoms with Gasteiger partial charge < -0.3 is 14.5 Å². The van der Waals surface area contributed by atoms with Gasteiger partial charge in [0.05, 0.1) is 18.4 Å². The van der Waals surface area contributed by atoms with Crippen molar-refractivity contribution in [1.82, 2.24) is 14.8 Å². The van der Waals surface area contributed by atoms with Gasteiger partial charge in [-0.2, -0.15) is 9.98 Å². The number of rotatable bonds is 7. The SMILES string of the molecule is CN(C)C=NC(=O)OCc1ccc(N(C(=O)N=CN(C)C)c2c(F)cccc2F)nc1-c1ccc(F)cc1F. The highest BCUT2D eigenvalue weighted by molar-refractivity contribution is 6.02. The Morgan fingerprint density at radius 1 is 0.872 bits per heavy atom. The van der Waals surface area contributed by atoms with Gasteiger partial charge >= 0.3 is 12.1 Å². The number of amides is 3. The van der Waals surface area contributed by atoms with Crippen LogP contribution >= 0.6 is 0 Å². The lowest BCUT2D eigenvalue weighted by Gasteiger charge is -2.22. The number of pyridine rings is 1. The normalized spacial score (nSPS) is 11.2. The highest BCUT2D eigenvalue weighted by Gasteiger charge is 2.27. The molecule has 3 aromatic rings. The monoisotopic (exact) mass is 544 g/mol. The van der Waals surface area contributed by atoms with Gasteiger partial charge in [-0.25, -0.2) is 37.0 Å². The molecule has 204 valence electrons. The Hall–Kier alpha value is -4.81. The van der Waals surface area contributed by atoms with Crippen LogP contribution in [0.5, 0.6) is 0 Å². The molecule has 1 heterocycles. The van der Waals surface area contributed by atoms with Crippen LogP contribution in [0.25, 0.3) is 11.3 Å². The molecule has 3 rings (SSSR count). The van der Waals surface area contributed by atoms with Crippen LogP contribution < -0.4 is 4.90 Å². The molecule has 0 fully saturated rings. The van der Waals surface area contributed by atoms with E-state index in [0.29, 0.717) is 11.0 Å². The van der Waals surface area contributed by atoms with Crippen LogP contribution in [0.2, 0.25) is 0 Å². The Morgan fingerprint density at radius 2 is 1.51 bits per heavy atom. The molecular weight excluding hydrogens is 520 g/mol. The molecule has 0 bridgehead atoms. The maximum absolute atomic E-state index is 14.8. The number of para-hydroxylation sites is 1. The zero-order chi connectivity index (χ0) is 28.7. The summed E-state index contributed by atoms with van der Waals surface area (Å²) in [5.74, 6) is -4.38. The number of urea groups is 1. The topological polar surface area (TPSA) is 90.7 Å². The molecule has 0 aliphatic heterocycles. The maximum atomic E-state index is 14.8. The van der Waals surface area contributed by atoms with Crippen molar-refractivity contribution in [3.63, 3.8) is 0 Å². The van der Waals surface area contributed by atoms with Gasteiger partial charge in [0.25, 0.3) is 0 Å². The Labute approximate surface area is 221 Å². The number of halogens is 4. The van der Waals surface area contributed by atoms with Gasteiger partial charge in [0.2, 0.25) is 0 Å². The van der Waals surface area contributed by atoms with Crippen LogP contribution in [0.1, 0.15) is 5.56 Å². The summed E-state index contributed by atoms with van der Waals surface area (Å²) in [6, 6.07) is 7.10. The molecule has 9 nitrogen and oxygen atoms in total. The van der Waals surface area contributed by atoms with E-state index in [1.165, 1.54) is 28.3 Å². The molecule has 13 heteroatoms. The van der Waals surface area contributed by atoms with Crippen LogP contribution in [0, 0.1) is 23.3 Å². The lowest BCUT2D eigenvalue weighted by atomic mass is 10.1. The third-order valence-corrected chi connectivity index (χ3v) is 4.88. The van der Waals surface area contributed by atoms with E-state index < -0.39 is 47.7 Å². The van der Waals surface area contributed by atoms with Crippen LogP contribution in [0.3, 0.4) is 0 Å². The molecule has 0 aliphatic carbocycles. The molecule has 0 aliphatic rings. The second-order valence-corrected chi connectivity index (χ2v) is 8.46. The molecule has 0 saturated heterocycles. The van der Waals surface area contributed by atoms with Gasteiger partial charge in [0.1, 0.15) is 41.4 Å². The van der Waals surface area contributed by atoms with Crippen LogP contribution in [-0.2, 0) is 11.3 Å². The molecule has 3 amide bonds. The minimum atomic E-state index is -1.11. The maximum Gasteiger partial charge on any atom is 0.435 e. The summed E-state index contributed by atoms with van der Waals surface area (Å²) in [6.45, 7) is -0.441. The third kappa shape index (κ3) is 7.37. The van der Waals surface area contributed by atoms with Gasteiger partial charge in [-0.3, -0.25) is 0 Å². The molecule has 0 saturated carbocycles. The molecule has 0 N–H and O–H groups in total. The predicted octanol–water partition coefficient (Wildman–Crippen LogP) is 5.38. The summed E-state index contributed by atoms with van der Waals surface area (Å²) in [7, 11) is 6.44. The zero-order valence-electron chi connectivity index (χ0n) is 21.4. The average molecular weight is 545 g/mol. The summed E-state index contributed by atoms with van der Waals surface area (Å²) < 4.78 is 63.2. The lowest BCUT2D eigenvalue weighted by Crippen LogP contribution is -2.27. The van der Waals surface area contributed by atoms with E-state index in [-0.39, 0.29) is 22.6 Å². The van der Waals surface area contributed by atoms with Crippen molar-refractivity contribution in [2.45, 2.75) is 6.61 Å². The number of carbonyl (C=O) groups excluding carboxylic acids is 2. The van der Waals surface area contributed by atoms with Crippen LogP contribution in [0.4, 0.5) is 38.7 Å². The van der Waals surface area contributed by atoms with Crippen molar-refractivity contribution < 1.29 is 31.9 Å². The molecule has 39 heavy (non-hydrogen) atoms. The van der Waals surface area contributed by atoms with Gasteiger partial charge in [-0.15, -0.1) is 0 Å². The standard InChI is InChI=1S/C26H24F4N6O3/c1-34(2)14-31-25(37)36(24-19(28)6-5-7-20(24)29)22-11-8-16(13-39-26(38)32-15-35(3)4)23(33-22)18-10-9-17(27)12-21(18)30/h5-12,14-15H,13H2,1-4H3. The summed E-state index contributed by atoms with van der Waals surface area (Å²) >= 11 is 0. The third-order valence-electron chi connectivity index (χ3n) is 4.88. The number of benzene rings is 2. The van der Waals surface area contributed by atoms with Crippen molar-refractivity contribution in [3.05, 3.63) is 77.4 Å². The number of aromatic nitrogens is 1. The summed E-state index contributed by atoms with van der Waals surface area (Å²) in [5.41, 5.74) is -1.04. The Balaban J connectivity index is 2.17. The van der Waals surface area contributed by atoms with Crippen molar-refractivity contribution in [1.29, 1.82) is 0 Å². The predicted molar refractivity (Wildman–Crippen MR) is 138 cm³/mol. The van der Waals surface area contributed by atoms with E-state index in [1.807, 2.05) is 0 Å². The second kappa shape index (κ2) is 12.6. The van der Waals surface area contributed by atoms with Gasteiger partial charge in [0, 0.05) is 45.4 Å². The van der Waals surface area contributed by atoms with Crippen molar-refractivity contribution in [3.8, 4) is 11.3 Å². The van der Waals surface area contributed by atoms with E-state index in [4.69, 9.17) is 4.74 Å². The molecule has 0 unspecified atom stereocenters. The van der Waals surface area contributed by atoms with E-state index in [9.17, 15) is 27.2 Å². The summed E-state index contributed by atoms with van der Waals surface area (Å²) in [5, 5.41) is 0. The molecule has 2 aromatic carbocycles. The minimum Gasteiger partial charge on any atom is -0.443 e. The Kier molecular flexibility index (Phi) is 9.31. The van der Waals surface area contributed by atoms with Gasteiger partial charge in [-0.05, 0) is 36.4 Å². The fraction of sp³-hybridized carbons (Fsp3) is 0.192. The van der Waals surface area contributed by atoms with Crippen molar-refractivity contribution in [2.24, 2.45) is 9.98 Å². The number of ether oxygens (including phenoxy) is 1. The highest BCUT2D eigenvalue weighted by atomic mass is 19.1. The highest BCUT2D eigenvalue weighted by Crippen LogP contribution is 2.34. The minimum absolute atomic E-state index is 0.135. The molecule has 1 aromatic heterocycles. The number of carbonyl (C=O) groups is 2. The fourth-order valence-corrected chi connectivity index (χ4v) is 3.21. The quantitative estimate of drug-likeness (QED) is 0.225.